The van der Waals surface area contributed by atoms with Gasteiger partial charge in [-0.25, -0.2) is 8.78 Å². The fourth-order valence-corrected chi connectivity index (χ4v) is 2.98. The minimum atomic E-state index is -0.741. The van der Waals surface area contributed by atoms with E-state index in [2.05, 4.69) is 0 Å². The smallest absolute Gasteiger partial charge is 0.162 e. The van der Waals surface area contributed by atoms with Crippen LogP contribution in [-0.2, 0) is 0 Å². The highest BCUT2D eigenvalue weighted by molar-refractivity contribution is 5.23. The lowest BCUT2D eigenvalue weighted by Gasteiger charge is -2.29. The Labute approximate surface area is 107 Å². The molecule has 0 saturated heterocycles. The summed E-state index contributed by atoms with van der Waals surface area (Å²) in [4.78, 5) is 0. The van der Waals surface area contributed by atoms with Crippen LogP contribution >= 0.6 is 0 Å². The van der Waals surface area contributed by atoms with Gasteiger partial charge in [-0.15, -0.1) is 0 Å². The van der Waals surface area contributed by atoms with Gasteiger partial charge in [-0.3, -0.25) is 0 Å². The highest BCUT2D eigenvalue weighted by Gasteiger charge is 2.24. The molecular formula is C15H20F2O. The number of hydrogen-bond donors (Lipinski definition) is 1. The molecule has 1 aromatic carbocycles. The summed E-state index contributed by atoms with van der Waals surface area (Å²) in [5, 5.41) is 8.80. The van der Waals surface area contributed by atoms with E-state index in [0.29, 0.717) is 11.5 Å². The number of hydrogen-bond acceptors (Lipinski definition) is 1. The Hall–Kier alpha value is -0.960. The quantitative estimate of drug-likeness (QED) is 0.860. The molecule has 0 atom stereocenters. The minimum absolute atomic E-state index is 0.158. The Balaban J connectivity index is 1.95. The maximum atomic E-state index is 13.7. The molecule has 3 heteroatoms. The van der Waals surface area contributed by atoms with Gasteiger partial charge in [-0.1, -0.05) is 12.1 Å². The molecule has 0 heterocycles. The highest BCUT2D eigenvalue weighted by atomic mass is 19.2. The van der Waals surface area contributed by atoms with Gasteiger partial charge >= 0.3 is 0 Å². The van der Waals surface area contributed by atoms with Crippen LogP contribution in [0.2, 0.25) is 0 Å². The second kappa shape index (κ2) is 6.28. The molecule has 1 N–H and O–H groups in total. The van der Waals surface area contributed by atoms with Crippen LogP contribution in [0.5, 0.6) is 0 Å². The maximum absolute atomic E-state index is 13.7. The van der Waals surface area contributed by atoms with Gasteiger partial charge < -0.3 is 5.11 Å². The van der Waals surface area contributed by atoms with Crippen LogP contribution in [0.4, 0.5) is 8.78 Å². The maximum Gasteiger partial charge on any atom is 0.162 e. The Kier molecular flexibility index (Phi) is 4.70. The molecule has 0 unspecified atom stereocenters. The van der Waals surface area contributed by atoms with E-state index >= 15 is 0 Å². The van der Waals surface area contributed by atoms with E-state index < -0.39 is 11.6 Å². The minimum Gasteiger partial charge on any atom is -0.396 e. The predicted molar refractivity (Wildman–Crippen MR) is 67.4 cm³/mol. The van der Waals surface area contributed by atoms with E-state index in [1.54, 1.807) is 12.1 Å². The standard InChI is InChI=1S/C15H20F2O/c16-14-5-1-4-13(15(14)17)12-8-6-11(7-9-12)3-2-10-18/h1,4-5,11-12,18H,2-3,6-10H2/t11-,12-. The monoisotopic (exact) mass is 254 g/mol. The van der Waals surface area contributed by atoms with E-state index in [9.17, 15) is 8.78 Å². The zero-order valence-electron chi connectivity index (χ0n) is 10.5. The lowest BCUT2D eigenvalue weighted by molar-refractivity contribution is 0.245. The lowest BCUT2D eigenvalue weighted by atomic mass is 9.77. The van der Waals surface area contributed by atoms with Crippen LogP contribution in [0, 0.1) is 17.6 Å². The van der Waals surface area contributed by atoms with Gasteiger partial charge in [0.25, 0.3) is 0 Å². The van der Waals surface area contributed by atoms with Crippen LogP contribution in [0.1, 0.15) is 50.0 Å². The van der Waals surface area contributed by atoms with Crippen molar-refractivity contribution in [3.63, 3.8) is 0 Å². The van der Waals surface area contributed by atoms with Gasteiger partial charge in [0.15, 0.2) is 11.6 Å². The first-order valence-corrected chi connectivity index (χ1v) is 6.77. The zero-order chi connectivity index (χ0) is 13.0. The summed E-state index contributed by atoms with van der Waals surface area (Å²) >= 11 is 0. The molecule has 1 fully saturated rings. The van der Waals surface area contributed by atoms with E-state index in [1.165, 1.54) is 6.07 Å². The topological polar surface area (TPSA) is 20.2 Å². The van der Waals surface area contributed by atoms with Crippen molar-refractivity contribution in [3.8, 4) is 0 Å². The summed E-state index contributed by atoms with van der Waals surface area (Å²) in [7, 11) is 0. The Morgan fingerprint density at radius 1 is 1.11 bits per heavy atom. The van der Waals surface area contributed by atoms with Gasteiger partial charge in [-0.2, -0.15) is 0 Å². The second-order valence-electron chi connectivity index (χ2n) is 5.23. The van der Waals surface area contributed by atoms with E-state index in [1.807, 2.05) is 0 Å². The summed E-state index contributed by atoms with van der Waals surface area (Å²) in [6, 6.07) is 4.47. The van der Waals surface area contributed by atoms with Gasteiger partial charge in [-0.05, 0) is 62.0 Å². The second-order valence-corrected chi connectivity index (χ2v) is 5.23. The van der Waals surface area contributed by atoms with Crippen LogP contribution in [0.15, 0.2) is 18.2 Å². The number of aliphatic hydroxyl groups excluding tert-OH is 1. The first kappa shape index (κ1) is 13.5. The van der Waals surface area contributed by atoms with E-state index in [0.717, 1.165) is 38.5 Å². The molecule has 100 valence electrons. The van der Waals surface area contributed by atoms with Crippen molar-refractivity contribution in [2.45, 2.75) is 44.4 Å². The third kappa shape index (κ3) is 3.08. The first-order valence-electron chi connectivity index (χ1n) is 6.77. The van der Waals surface area contributed by atoms with Crippen molar-refractivity contribution in [1.82, 2.24) is 0 Å². The Morgan fingerprint density at radius 2 is 1.83 bits per heavy atom. The van der Waals surface area contributed by atoms with Crippen molar-refractivity contribution in [2.24, 2.45) is 5.92 Å². The lowest BCUT2D eigenvalue weighted by Crippen LogP contribution is -2.15. The number of rotatable bonds is 4. The normalized spacial score (nSPS) is 24.2. The van der Waals surface area contributed by atoms with Gasteiger partial charge in [0, 0.05) is 6.61 Å². The molecule has 0 radical (unpaired) electrons. The number of aliphatic hydroxyl groups is 1. The van der Waals surface area contributed by atoms with Gasteiger partial charge in [0.05, 0.1) is 0 Å². The van der Waals surface area contributed by atoms with Crippen LogP contribution in [0.3, 0.4) is 0 Å². The molecule has 1 aliphatic carbocycles. The van der Waals surface area contributed by atoms with Crippen molar-refractivity contribution in [3.05, 3.63) is 35.4 Å². The fourth-order valence-electron chi connectivity index (χ4n) is 2.98. The third-order valence-electron chi connectivity index (χ3n) is 4.04. The summed E-state index contributed by atoms with van der Waals surface area (Å²) < 4.78 is 26.9. The molecule has 0 aliphatic heterocycles. The average molecular weight is 254 g/mol. The number of halogens is 2. The molecule has 0 bridgehead atoms. The first-order chi connectivity index (χ1) is 8.72. The summed E-state index contributed by atoms with van der Waals surface area (Å²) in [6.45, 7) is 0.248. The summed E-state index contributed by atoms with van der Waals surface area (Å²) in [5.74, 6) is -0.609. The summed E-state index contributed by atoms with van der Waals surface area (Å²) in [6.07, 6.45) is 5.87. The van der Waals surface area contributed by atoms with Gasteiger partial charge in [0.2, 0.25) is 0 Å². The van der Waals surface area contributed by atoms with Crippen LogP contribution in [0.25, 0.3) is 0 Å². The van der Waals surface area contributed by atoms with Crippen LogP contribution in [-0.4, -0.2) is 11.7 Å². The third-order valence-corrected chi connectivity index (χ3v) is 4.04. The molecule has 1 aliphatic rings. The molecule has 2 rings (SSSR count). The molecule has 1 saturated carbocycles. The largest absolute Gasteiger partial charge is 0.396 e. The van der Waals surface area contributed by atoms with Crippen LogP contribution < -0.4 is 0 Å². The molecule has 18 heavy (non-hydrogen) atoms. The van der Waals surface area contributed by atoms with Crippen molar-refractivity contribution in [2.75, 3.05) is 6.61 Å². The number of benzene rings is 1. The Morgan fingerprint density at radius 3 is 2.50 bits per heavy atom. The molecular weight excluding hydrogens is 234 g/mol. The van der Waals surface area contributed by atoms with E-state index in [4.69, 9.17) is 5.11 Å². The van der Waals surface area contributed by atoms with Crippen molar-refractivity contribution in [1.29, 1.82) is 0 Å². The fraction of sp³-hybridized carbons (Fsp3) is 0.600. The molecule has 0 aromatic heterocycles. The van der Waals surface area contributed by atoms with Gasteiger partial charge in [0.1, 0.15) is 0 Å². The molecule has 0 spiro atoms. The van der Waals surface area contributed by atoms with Crippen molar-refractivity contribution >= 4 is 0 Å². The summed E-state index contributed by atoms with van der Waals surface area (Å²) in [5.41, 5.74) is 0.538. The molecule has 1 nitrogen and oxygen atoms in total. The van der Waals surface area contributed by atoms with E-state index in [-0.39, 0.29) is 12.5 Å². The van der Waals surface area contributed by atoms with Crippen molar-refractivity contribution < 1.29 is 13.9 Å². The zero-order valence-corrected chi connectivity index (χ0v) is 10.5. The predicted octanol–water partition coefficient (Wildman–Crippen LogP) is 4.01. The molecule has 0 amide bonds. The molecule has 1 aromatic rings. The Bertz CT molecular complexity index is 384. The highest BCUT2D eigenvalue weighted by Crippen LogP contribution is 2.38. The SMILES string of the molecule is OCCC[C@H]1CC[C@H](c2cccc(F)c2F)CC1. The average Bonchev–Trinajstić information content (AvgIpc) is 2.40.